The summed E-state index contributed by atoms with van der Waals surface area (Å²) >= 11 is 0. The standard InChI is InChI=1S/C12H22N4O2/c1-10(15-7-3-13-4-8-15)12(18)16-6-2-11(17)14-5-9-16/h10,13H,2-9H2,1H3,(H,14,17). The fourth-order valence-corrected chi connectivity index (χ4v) is 2.48. The molecule has 2 rings (SSSR count). The maximum atomic E-state index is 12.4. The van der Waals surface area contributed by atoms with Crippen molar-refractivity contribution in [3.63, 3.8) is 0 Å². The first-order chi connectivity index (χ1) is 8.68. The van der Waals surface area contributed by atoms with E-state index in [1.807, 2.05) is 11.8 Å². The van der Waals surface area contributed by atoms with Gasteiger partial charge in [0.1, 0.15) is 0 Å². The molecule has 6 heteroatoms. The second-order valence-corrected chi connectivity index (χ2v) is 4.89. The van der Waals surface area contributed by atoms with E-state index in [0.29, 0.717) is 26.1 Å². The van der Waals surface area contributed by atoms with Gasteiger partial charge in [-0.25, -0.2) is 0 Å². The van der Waals surface area contributed by atoms with Crippen LogP contribution in [0, 0.1) is 0 Å². The molecule has 2 saturated heterocycles. The van der Waals surface area contributed by atoms with Gasteiger partial charge in [-0.05, 0) is 6.92 Å². The molecule has 0 aromatic heterocycles. The first kappa shape index (κ1) is 13.3. The number of carbonyl (C=O) groups excluding carboxylic acids is 2. The van der Waals surface area contributed by atoms with Crippen LogP contribution in [0.15, 0.2) is 0 Å². The highest BCUT2D eigenvalue weighted by molar-refractivity contribution is 5.83. The number of carbonyl (C=O) groups is 2. The van der Waals surface area contributed by atoms with Gasteiger partial charge in [0.05, 0.1) is 6.04 Å². The Morgan fingerprint density at radius 3 is 2.61 bits per heavy atom. The SMILES string of the molecule is CC(C(=O)N1CCNC(=O)CC1)N1CCNCC1. The van der Waals surface area contributed by atoms with Crippen LogP contribution in [-0.4, -0.2) is 73.5 Å². The average molecular weight is 254 g/mol. The highest BCUT2D eigenvalue weighted by Crippen LogP contribution is 2.07. The number of piperazine rings is 1. The van der Waals surface area contributed by atoms with Gasteiger partial charge in [0, 0.05) is 52.2 Å². The van der Waals surface area contributed by atoms with Crippen molar-refractivity contribution in [1.82, 2.24) is 20.4 Å². The Balaban J connectivity index is 1.90. The predicted octanol–water partition coefficient (Wildman–Crippen LogP) is -1.37. The molecule has 2 aliphatic rings. The summed E-state index contributed by atoms with van der Waals surface area (Å²) in [5, 5.41) is 6.07. The molecule has 2 aliphatic heterocycles. The highest BCUT2D eigenvalue weighted by atomic mass is 16.2. The summed E-state index contributed by atoms with van der Waals surface area (Å²) in [4.78, 5) is 27.7. The molecule has 18 heavy (non-hydrogen) atoms. The van der Waals surface area contributed by atoms with Crippen molar-refractivity contribution < 1.29 is 9.59 Å². The maximum Gasteiger partial charge on any atom is 0.239 e. The second kappa shape index (κ2) is 6.15. The summed E-state index contributed by atoms with van der Waals surface area (Å²) in [5.74, 6) is 0.188. The third-order valence-electron chi connectivity index (χ3n) is 3.68. The number of amides is 2. The minimum absolute atomic E-state index is 0.0418. The zero-order valence-electron chi connectivity index (χ0n) is 10.9. The summed E-state index contributed by atoms with van der Waals surface area (Å²) in [6.45, 7) is 7.42. The summed E-state index contributed by atoms with van der Waals surface area (Å²) in [7, 11) is 0. The summed E-state index contributed by atoms with van der Waals surface area (Å²) in [5.41, 5.74) is 0. The Bertz CT molecular complexity index is 315. The van der Waals surface area contributed by atoms with Crippen LogP contribution in [0.5, 0.6) is 0 Å². The smallest absolute Gasteiger partial charge is 0.239 e. The molecular weight excluding hydrogens is 232 g/mol. The van der Waals surface area contributed by atoms with Crippen LogP contribution in [0.1, 0.15) is 13.3 Å². The van der Waals surface area contributed by atoms with E-state index in [4.69, 9.17) is 0 Å². The zero-order chi connectivity index (χ0) is 13.0. The molecule has 0 aromatic carbocycles. The molecule has 1 unspecified atom stereocenters. The predicted molar refractivity (Wildman–Crippen MR) is 68.1 cm³/mol. The lowest BCUT2D eigenvalue weighted by molar-refractivity contribution is -0.136. The van der Waals surface area contributed by atoms with E-state index in [9.17, 15) is 9.59 Å². The van der Waals surface area contributed by atoms with Gasteiger partial charge in [-0.3, -0.25) is 14.5 Å². The third kappa shape index (κ3) is 3.20. The Hall–Kier alpha value is -1.14. The number of rotatable bonds is 2. The number of nitrogens with one attached hydrogen (secondary N) is 2. The van der Waals surface area contributed by atoms with Crippen LogP contribution in [-0.2, 0) is 9.59 Å². The lowest BCUT2D eigenvalue weighted by Gasteiger charge is -2.34. The topological polar surface area (TPSA) is 64.7 Å². The van der Waals surface area contributed by atoms with Crippen LogP contribution in [0.2, 0.25) is 0 Å². The van der Waals surface area contributed by atoms with Crippen molar-refractivity contribution >= 4 is 11.8 Å². The summed E-state index contributed by atoms with van der Waals surface area (Å²) < 4.78 is 0. The van der Waals surface area contributed by atoms with Gasteiger partial charge in [-0.2, -0.15) is 0 Å². The lowest BCUT2D eigenvalue weighted by atomic mass is 10.2. The van der Waals surface area contributed by atoms with Crippen molar-refractivity contribution in [1.29, 1.82) is 0 Å². The Morgan fingerprint density at radius 1 is 1.17 bits per heavy atom. The minimum atomic E-state index is -0.0831. The van der Waals surface area contributed by atoms with E-state index in [1.165, 1.54) is 0 Å². The van der Waals surface area contributed by atoms with Crippen molar-refractivity contribution in [2.75, 3.05) is 45.8 Å². The van der Waals surface area contributed by atoms with Gasteiger partial charge in [0.25, 0.3) is 0 Å². The van der Waals surface area contributed by atoms with E-state index in [2.05, 4.69) is 15.5 Å². The van der Waals surface area contributed by atoms with Crippen molar-refractivity contribution in [3.05, 3.63) is 0 Å². The maximum absolute atomic E-state index is 12.4. The van der Waals surface area contributed by atoms with E-state index in [0.717, 1.165) is 26.2 Å². The summed E-state index contributed by atoms with van der Waals surface area (Å²) in [6.07, 6.45) is 0.417. The van der Waals surface area contributed by atoms with Crippen molar-refractivity contribution in [2.45, 2.75) is 19.4 Å². The molecular formula is C12H22N4O2. The van der Waals surface area contributed by atoms with Gasteiger partial charge in [0.2, 0.25) is 11.8 Å². The van der Waals surface area contributed by atoms with E-state index in [1.54, 1.807) is 0 Å². The van der Waals surface area contributed by atoms with Crippen LogP contribution in [0.25, 0.3) is 0 Å². The van der Waals surface area contributed by atoms with Crippen molar-refractivity contribution in [2.24, 2.45) is 0 Å². The van der Waals surface area contributed by atoms with Gasteiger partial charge in [0.15, 0.2) is 0 Å². The fraction of sp³-hybridized carbons (Fsp3) is 0.833. The molecule has 2 heterocycles. The zero-order valence-corrected chi connectivity index (χ0v) is 10.9. The van der Waals surface area contributed by atoms with E-state index >= 15 is 0 Å². The Kier molecular flexibility index (Phi) is 4.54. The summed E-state index contributed by atoms with van der Waals surface area (Å²) in [6, 6.07) is -0.0831. The molecule has 0 spiro atoms. The Morgan fingerprint density at radius 2 is 1.89 bits per heavy atom. The molecule has 0 radical (unpaired) electrons. The molecule has 2 fully saturated rings. The number of hydrogen-bond donors (Lipinski definition) is 2. The Labute approximate surface area is 108 Å². The van der Waals surface area contributed by atoms with Crippen LogP contribution in [0.3, 0.4) is 0 Å². The van der Waals surface area contributed by atoms with Crippen LogP contribution < -0.4 is 10.6 Å². The third-order valence-corrected chi connectivity index (χ3v) is 3.68. The molecule has 0 aliphatic carbocycles. The quantitative estimate of drug-likeness (QED) is 0.638. The van der Waals surface area contributed by atoms with E-state index < -0.39 is 0 Å². The molecule has 0 aromatic rings. The van der Waals surface area contributed by atoms with Crippen molar-refractivity contribution in [3.8, 4) is 0 Å². The van der Waals surface area contributed by atoms with Gasteiger partial charge in [-0.1, -0.05) is 0 Å². The lowest BCUT2D eigenvalue weighted by Crippen LogP contribution is -2.53. The van der Waals surface area contributed by atoms with Crippen LogP contribution in [0.4, 0.5) is 0 Å². The van der Waals surface area contributed by atoms with Gasteiger partial charge < -0.3 is 15.5 Å². The molecule has 102 valence electrons. The molecule has 1 atom stereocenters. The van der Waals surface area contributed by atoms with Gasteiger partial charge >= 0.3 is 0 Å². The molecule has 0 saturated carbocycles. The van der Waals surface area contributed by atoms with Gasteiger partial charge in [-0.15, -0.1) is 0 Å². The molecule has 2 amide bonds. The number of hydrogen-bond acceptors (Lipinski definition) is 4. The number of nitrogens with zero attached hydrogens (tertiary/aromatic N) is 2. The first-order valence-electron chi connectivity index (χ1n) is 6.69. The molecule has 2 N–H and O–H groups in total. The monoisotopic (exact) mass is 254 g/mol. The minimum Gasteiger partial charge on any atom is -0.354 e. The first-order valence-corrected chi connectivity index (χ1v) is 6.69. The fourth-order valence-electron chi connectivity index (χ4n) is 2.48. The molecule has 0 bridgehead atoms. The average Bonchev–Trinajstić information content (AvgIpc) is 2.63. The van der Waals surface area contributed by atoms with Crippen LogP contribution >= 0.6 is 0 Å². The molecule has 6 nitrogen and oxygen atoms in total. The largest absolute Gasteiger partial charge is 0.354 e. The van der Waals surface area contributed by atoms with E-state index in [-0.39, 0.29) is 17.9 Å². The highest BCUT2D eigenvalue weighted by Gasteiger charge is 2.27. The normalized spacial score (nSPS) is 24.3. The second-order valence-electron chi connectivity index (χ2n) is 4.89.